The third-order valence-electron chi connectivity index (χ3n) is 4.86. The first-order valence-corrected chi connectivity index (χ1v) is 10.8. The van der Waals surface area contributed by atoms with Crippen molar-refractivity contribution >= 4 is 28.3 Å². The van der Waals surface area contributed by atoms with Gasteiger partial charge in [-0.25, -0.2) is 4.98 Å². The van der Waals surface area contributed by atoms with Gasteiger partial charge >= 0.3 is 0 Å². The molecule has 2 heterocycles. The predicted octanol–water partition coefficient (Wildman–Crippen LogP) is 2.46. The number of nitrogens with one attached hydrogen (secondary N) is 1. The second kappa shape index (κ2) is 12.0. The van der Waals surface area contributed by atoms with Gasteiger partial charge in [-0.2, -0.15) is 0 Å². The number of unbranched alkanes of at least 4 members (excludes halogenated alkanes) is 1. The first-order chi connectivity index (χ1) is 13.1. The van der Waals surface area contributed by atoms with E-state index in [9.17, 15) is 9.59 Å². The number of aromatic nitrogens is 1. The molecule has 0 spiro atoms. The highest BCUT2D eigenvalue weighted by atomic mass is 32.1. The number of carbonyl (C=O) groups is 2. The van der Waals surface area contributed by atoms with Gasteiger partial charge in [0.25, 0.3) is 0 Å². The molecule has 2 rings (SSSR count). The van der Waals surface area contributed by atoms with Crippen LogP contribution in [0.5, 0.6) is 0 Å². The largest absolute Gasteiger partial charge is 0.379 e. The molecule has 0 aromatic carbocycles. The van der Waals surface area contributed by atoms with Crippen molar-refractivity contribution in [2.45, 2.75) is 39.5 Å². The Morgan fingerprint density at radius 3 is 2.78 bits per heavy atom. The SMILES string of the molecule is CCCCC(CC)C(=O)N(CCN1CCOCC1)CC(=O)Nc1nccs1. The Hall–Kier alpha value is -1.51. The van der Waals surface area contributed by atoms with Gasteiger partial charge in [-0.1, -0.05) is 26.7 Å². The molecule has 0 bridgehead atoms. The van der Waals surface area contributed by atoms with E-state index >= 15 is 0 Å². The van der Waals surface area contributed by atoms with E-state index in [2.05, 4.69) is 22.1 Å². The zero-order chi connectivity index (χ0) is 19.5. The predicted molar refractivity (Wildman–Crippen MR) is 108 cm³/mol. The van der Waals surface area contributed by atoms with Gasteiger partial charge in [-0.15, -0.1) is 11.3 Å². The lowest BCUT2D eigenvalue weighted by molar-refractivity contribution is -0.139. The summed E-state index contributed by atoms with van der Waals surface area (Å²) in [4.78, 5) is 33.6. The van der Waals surface area contributed by atoms with E-state index in [0.717, 1.165) is 58.5 Å². The summed E-state index contributed by atoms with van der Waals surface area (Å²) in [7, 11) is 0. The molecule has 8 heteroatoms. The number of hydrogen-bond donors (Lipinski definition) is 1. The van der Waals surface area contributed by atoms with E-state index in [4.69, 9.17) is 4.74 Å². The van der Waals surface area contributed by atoms with Crippen molar-refractivity contribution in [2.75, 3.05) is 51.3 Å². The monoisotopic (exact) mass is 396 g/mol. The van der Waals surface area contributed by atoms with Crippen LogP contribution < -0.4 is 5.32 Å². The maximum Gasteiger partial charge on any atom is 0.245 e. The molecule has 1 aliphatic rings. The van der Waals surface area contributed by atoms with Gasteiger partial charge in [0, 0.05) is 43.7 Å². The van der Waals surface area contributed by atoms with Gasteiger partial charge in [-0.3, -0.25) is 14.5 Å². The van der Waals surface area contributed by atoms with E-state index in [-0.39, 0.29) is 24.3 Å². The molecule has 1 aromatic rings. The number of hydrogen-bond acceptors (Lipinski definition) is 6. The quantitative estimate of drug-likeness (QED) is 0.622. The second-order valence-electron chi connectivity index (χ2n) is 6.85. The molecule has 27 heavy (non-hydrogen) atoms. The highest BCUT2D eigenvalue weighted by Crippen LogP contribution is 2.17. The van der Waals surface area contributed by atoms with E-state index in [1.165, 1.54) is 11.3 Å². The lowest BCUT2D eigenvalue weighted by Crippen LogP contribution is -2.47. The molecule has 7 nitrogen and oxygen atoms in total. The molecule has 1 atom stereocenters. The van der Waals surface area contributed by atoms with Crippen LogP contribution in [0.3, 0.4) is 0 Å². The summed E-state index contributed by atoms with van der Waals surface area (Å²) in [5, 5.41) is 5.17. The smallest absolute Gasteiger partial charge is 0.245 e. The van der Waals surface area contributed by atoms with Crippen LogP contribution in [-0.4, -0.2) is 72.5 Å². The average molecular weight is 397 g/mol. The molecule has 0 saturated carbocycles. The molecule has 2 amide bonds. The zero-order valence-electron chi connectivity index (χ0n) is 16.5. The van der Waals surface area contributed by atoms with Crippen molar-refractivity contribution in [3.05, 3.63) is 11.6 Å². The third-order valence-corrected chi connectivity index (χ3v) is 5.55. The van der Waals surface area contributed by atoms with Crippen LogP contribution in [0, 0.1) is 5.92 Å². The lowest BCUT2D eigenvalue weighted by atomic mass is 9.97. The number of carbonyl (C=O) groups excluding carboxylic acids is 2. The van der Waals surface area contributed by atoms with Crippen LogP contribution in [0.25, 0.3) is 0 Å². The molecule has 1 unspecified atom stereocenters. The van der Waals surface area contributed by atoms with Crippen LogP contribution in [-0.2, 0) is 14.3 Å². The van der Waals surface area contributed by atoms with E-state index < -0.39 is 0 Å². The van der Waals surface area contributed by atoms with Crippen molar-refractivity contribution in [3.63, 3.8) is 0 Å². The van der Waals surface area contributed by atoms with Gasteiger partial charge in [0.05, 0.1) is 19.8 Å². The molecule has 1 fully saturated rings. The number of morpholine rings is 1. The lowest BCUT2D eigenvalue weighted by Gasteiger charge is -2.31. The van der Waals surface area contributed by atoms with Crippen LogP contribution >= 0.6 is 11.3 Å². The fraction of sp³-hybridized carbons (Fsp3) is 0.737. The van der Waals surface area contributed by atoms with Gasteiger partial charge in [0.15, 0.2) is 5.13 Å². The Bertz CT molecular complexity index is 561. The highest BCUT2D eigenvalue weighted by Gasteiger charge is 2.25. The third kappa shape index (κ3) is 7.56. The maximum absolute atomic E-state index is 13.1. The Balaban J connectivity index is 1.96. The van der Waals surface area contributed by atoms with Crippen molar-refractivity contribution in [1.29, 1.82) is 0 Å². The summed E-state index contributed by atoms with van der Waals surface area (Å²) in [6, 6.07) is 0. The van der Waals surface area contributed by atoms with Crippen LogP contribution in [0.15, 0.2) is 11.6 Å². The van der Waals surface area contributed by atoms with Gasteiger partial charge in [0.1, 0.15) is 0 Å². The van der Waals surface area contributed by atoms with Crippen molar-refractivity contribution in [3.8, 4) is 0 Å². The number of thiazole rings is 1. The molecule has 0 radical (unpaired) electrons. The summed E-state index contributed by atoms with van der Waals surface area (Å²) in [5.74, 6) is -0.110. The Labute approximate surface area is 166 Å². The van der Waals surface area contributed by atoms with Crippen LogP contribution in [0.4, 0.5) is 5.13 Å². The zero-order valence-corrected chi connectivity index (χ0v) is 17.3. The summed E-state index contributed by atoms with van der Waals surface area (Å²) < 4.78 is 5.39. The standard InChI is InChI=1S/C19H32N4O3S/c1-3-5-6-16(4-2)18(25)23(9-8-22-10-12-26-13-11-22)15-17(24)21-19-20-7-14-27-19/h7,14,16H,3-6,8-13,15H2,1-2H3,(H,20,21,24). The normalized spacial score (nSPS) is 16.1. The van der Waals surface area contributed by atoms with Crippen molar-refractivity contribution < 1.29 is 14.3 Å². The Morgan fingerprint density at radius 2 is 2.15 bits per heavy atom. The number of ether oxygens (including phenoxy) is 1. The molecule has 1 N–H and O–H groups in total. The summed E-state index contributed by atoms with van der Waals surface area (Å²) in [6.45, 7) is 8.80. The first kappa shape index (κ1) is 21.8. The number of nitrogens with zero attached hydrogens (tertiary/aromatic N) is 3. The Morgan fingerprint density at radius 1 is 1.37 bits per heavy atom. The minimum Gasteiger partial charge on any atom is -0.379 e. The fourth-order valence-corrected chi connectivity index (χ4v) is 3.73. The van der Waals surface area contributed by atoms with Crippen LogP contribution in [0.1, 0.15) is 39.5 Å². The topological polar surface area (TPSA) is 74.8 Å². The molecule has 1 aromatic heterocycles. The molecule has 0 aliphatic carbocycles. The van der Waals surface area contributed by atoms with E-state index in [1.807, 2.05) is 12.3 Å². The highest BCUT2D eigenvalue weighted by molar-refractivity contribution is 7.13. The first-order valence-electron chi connectivity index (χ1n) is 9.92. The molecule has 152 valence electrons. The second-order valence-corrected chi connectivity index (χ2v) is 7.74. The molecular formula is C19H32N4O3S. The fourth-order valence-electron chi connectivity index (χ4n) is 3.18. The van der Waals surface area contributed by atoms with Crippen molar-refractivity contribution in [1.82, 2.24) is 14.8 Å². The number of anilines is 1. The molecule has 1 aliphatic heterocycles. The number of amides is 2. The van der Waals surface area contributed by atoms with Gasteiger partial charge in [-0.05, 0) is 12.8 Å². The van der Waals surface area contributed by atoms with Gasteiger partial charge in [0.2, 0.25) is 11.8 Å². The minimum atomic E-state index is -0.189. The van der Waals surface area contributed by atoms with Crippen LogP contribution in [0.2, 0.25) is 0 Å². The average Bonchev–Trinajstić information content (AvgIpc) is 3.19. The molecule has 1 saturated heterocycles. The maximum atomic E-state index is 13.1. The summed E-state index contributed by atoms with van der Waals surface area (Å²) in [6.07, 6.45) is 5.45. The molecular weight excluding hydrogens is 364 g/mol. The Kier molecular flexibility index (Phi) is 9.72. The van der Waals surface area contributed by atoms with Gasteiger partial charge < -0.3 is 15.0 Å². The van der Waals surface area contributed by atoms with Crippen molar-refractivity contribution in [2.24, 2.45) is 5.92 Å². The number of rotatable bonds is 11. The summed E-state index contributed by atoms with van der Waals surface area (Å²) in [5.41, 5.74) is 0. The van der Waals surface area contributed by atoms with E-state index in [0.29, 0.717) is 11.7 Å². The minimum absolute atomic E-state index is 0.0118. The summed E-state index contributed by atoms with van der Waals surface area (Å²) >= 11 is 1.38. The van der Waals surface area contributed by atoms with E-state index in [1.54, 1.807) is 11.1 Å².